The topological polar surface area (TPSA) is 91.7 Å². The van der Waals surface area contributed by atoms with Crippen LogP contribution in [0.15, 0.2) is 58.2 Å². The molecule has 5 rings (SSSR count). The first-order chi connectivity index (χ1) is 16.2. The van der Waals surface area contributed by atoms with Gasteiger partial charge in [0.1, 0.15) is 5.69 Å². The molecule has 1 saturated heterocycles. The van der Waals surface area contributed by atoms with Gasteiger partial charge in [0.2, 0.25) is 5.91 Å². The van der Waals surface area contributed by atoms with Crippen molar-refractivity contribution in [3.05, 3.63) is 64.6 Å². The summed E-state index contributed by atoms with van der Waals surface area (Å²) in [6, 6.07) is 14.1. The van der Waals surface area contributed by atoms with Gasteiger partial charge < -0.3 is 14.4 Å². The number of aromatic nitrogens is 1. The molecule has 2 aliphatic heterocycles. The maximum absolute atomic E-state index is 13.4. The zero-order valence-electron chi connectivity index (χ0n) is 19.5. The lowest BCUT2D eigenvalue weighted by Crippen LogP contribution is -2.48. The highest BCUT2D eigenvalue weighted by molar-refractivity contribution is 7.93. The number of rotatable bonds is 4. The summed E-state index contributed by atoms with van der Waals surface area (Å²) in [7, 11) is -0.185. The molecule has 8 nitrogen and oxygen atoms in total. The van der Waals surface area contributed by atoms with Gasteiger partial charge in [-0.1, -0.05) is 24.3 Å². The molecule has 1 aromatic heterocycles. The van der Waals surface area contributed by atoms with E-state index in [-0.39, 0.29) is 33.9 Å². The molecular weight excluding hydrogens is 452 g/mol. The Morgan fingerprint density at radius 1 is 1.00 bits per heavy atom. The number of fused-ring (bicyclic) bond motifs is 5. The molecule has 0 unspecified atom stereocenters. The van der Waals surface area contributed by atoms with Crippen LogP contribution >= 0.6 is 0 Å². The molecule has 3 aromatic rings. The first kappa shape index (κ1) is 22.5. The minimum atomic E-state index is -4.00. The number of carbonyl (C=O) groups excluding carboxylic acids is 1. The summed E-state index contributed by atoms with van der Waals surface area (Å²) in [6.07, 6.45) is 0.929. The Balaban J connectivity index is 1.52. The van der Waals surface area contributed by atoms with E-state index in [1.54, 1.807) is 35.8 Å². The highest BCUT2D eigenvalue weighted by Crippen LogP contribution is 2.36. The van der Waals surface area contributed by atoms with E-state index in [0.29, 0.717) is 25.0 Å². The number of pyridine rings is 1. The molecule has 3 heterocycles. The molecule has 2 bridgehead atoms. The van der Waals surface area contributed by atoms with Crippen LogP contribution in [0.4, 0.5) is 11.4 Å². The lowest BCUT2D eigenvalue weighted by Gasteiger charge is -2.42. The molecule has 1 amide bonds. The second-order valence-corrected chi connectivity index (χ2v) is 11.1. The van der Waals surface area contributed by atoms with Gasteiger partial charge in [0.25, 0.3) is 15.6 Å². The number of carbonyl (C=O) groups is 1. The number of sulfonamides is 1. The van der Waals surface area contributed by atoms with Crippen LogP contribution in [0.3, 0.4) is 0 Å². The molecule has 1 fully saturated rings. The highest BCUT2D eigenvalue weighted by Gasteiger charge is 2.36. The number of piperidine rings is 1. The molecule has 1 N–H and O–H groups in total. The van der Waals surface area contributed by atoms with Crippen molar-refractivity contribution in [2.24, 2.45) is 5.92 Å². The van der Waals surface area contributed by atoms with Crippen molar-refractivity contribution in [1.82, 2.24) is 9.47 Å². The molecule has 2 aliphatic rings. The van der Waals surface area contributed by atoms with Gasteiger partial charge in [-0.25, -0.2) is 8.42 Å². The van der Waals surface area contributed by atoms with E-state index in [1.807, 2.05) is 48.2 Å². The van der Waals surface area contributed by atoms with E-state index in [1.165, 1.54) is 0 Å². The van der Waals surface area contributed by atoms with Crippen molar-refractivity contribution in [3.8, 4) is 0 Å². The molecular formula is C25H28N4O4S. The van der Waals surface area contributed by atoms with Gasteiger partial charge in [0.05, 0.1) is 4.90 Å². The van der Waals surface area contributed by atoms with E-state index in [0.717, 1.165) is 23.2 Å². The van der Waals surface area contributed by atoms with Gasteiger partial charge in [-0.15, -0.1) is 0 Å². The van der Waals surface area contributed by atoms with Crippen molar-refractivity contribution in [2.45, 2.75) is 30.7 Å². The summed E-state index contributed by atoms with van der Waals surface area (Å²) in [5, 5.41) is 1.42. The van der Waals surface area contributed by atoms with Gasteiger partial charge in [0.15, 0.2) is 0 Å². The smallest absolute Gasteiger partial charge is 0.275 e. The fraction of sp³-hybridized carbons (Fsp3) is 0.360. The number of hydrogen-bond donors (Lipinski definition) is 1. The van der Waals surface area contributed by atoms with Crippen LogP contribution < -0.4 is 15.2 Å². The Hall–Kier alpha value is -3.33. The zero-order chi connectivity index (χ0) is 24.2. The molecule has 178 valence electrons. The number of nitrogens with zero attached hydrogens (tertiary/aromatic N) is 3. The first-order valence-corrected chi connectivity index (χ1v) is 12.8. The van der Waals surface area contributed by atoms with E-state index < -0.39 is 10.0 Å². The first-order valence-electron chi connectivity index (χ1n) is 11.4. The molecule has 34 heavy (non-hydrogen) atoms. The SMILES string of the molecule is CC(=O)N1C[C@@H]2C[C@H](C1)c1ccc(NS(=O)(=O)c3cccc4c(N(C)C)cccc34)c(=O)n1C2. The largest absolute Gasteiger partial charge is 0.377 e. The summed E-state index contributed by atoms with van der Waals surface area (Å²) in [5.74, 6) is 0.307. The predicted molar refractivity (Wildman–Crippen MR) is 133 cm³/mol. The van der Waals surface area contributed by atoms with Crippen LogP contribution in [0.1, 0.15) is 25.0 Å². The van der Waals surface area contributed by atoms with Crippen LogP contribution in [0.5, 0.6) is 0 Å². The Bertz CT molecular complexity index is 1460. The van der Waals surface area contributed by atoms with Gasteiger partial charge in [-0.2, -0.15) is 0 Å². The van der Waals surface area contributed by atoms with Crippen LogP contribution in [-0.4, -0.2) is 51.0 Å². The van der Waals surface area contributed by atoms with Crippen molar-refractivity contribution in [3.63, 3.8) is 0 Å². The fourth-order valence-electron chi connectivity index (χ4n) is 5.37. The molecule has 0 saturated carbocycles. The summed E-state index contributed by atoms with van der Waals surface area (Å²) >= 11 is 0. The Labute approximate surface area is 198 Å². The zero-order valence-corrected chi connectivity index (χ0v) is 20.3. The highest BCUT2D eigenvalue weighted by atomic mass is 32.2. The number of hydrogen-bond acceptors (Lipinski definition) is 5. The summed E-state index contributed by atoms with van der Waals surface area (Å²) in [6.45, 7) is 3.25. The number of amides is 1. The van der Waals surface area contributed by atoms with Crippen molar-refractivity contribution in [2.75, 3.05) is 36.8 Å². The second-order valence-electron chi connectivity index (χ2n) is 9.44. The van der Waals surface area contributed by atoms with Crippen LogP contribution in [0.2, 0.25) is 0 Å². The third-order valence-corrected chi connectivity index (χ3v) is 8.35. The Kier molecular flexibility index (Phi) is 5.39. The average Bonchev–Trinajstić information content (AvgIpc) is 2.80. The van der Waals surface area contributed by atoms with Crippen molar-refractivity contribution < 1.29 is 13.2 Å². The number of benzene rings is 2. The standard InChI is InChI=1S/C25H28N4O4S/c1-16(30)28-13-17-12-18(15-28)22-11-10-21(25(31)29(22)14-17)26-34(32,33)24-9-5-6-19-20(24)7-4-8-23(19)27(2)3/h4-11,17-18,26H,12-15H2,1-3H3/t17-,18+/m0/s1. The van der Waals surface area contributed by atoms with Crippen molar-refractivity contribution >= 4 is 38.1 Å². The summed E-state index contributed by atoms with van der Waals surface area (Å²) in [5.41, 5.74) is 1.46. The van der Waals surface area contributed by atoms with E-state index in [2.05, 4.69) is 4.72 Å². The minimum Gasteiger partial charge on any atom is -0.377 e. The van der Waals surface area contributed by atoms with Gasteiger partial charge in [0, 0.05) is 68.7 Å². The normalized spacial score (nSPS) is 19.6. The van der Waals surface area contributed by atoms with Crippen LogP contribution in [0, 0.1) is 5.92 Å². The number of likely N-dealkylation sites (tertiary alicyclic amines) is 1. The van der Waals surface area contributed by atoms with Crippen molar-refractivity contribution in [1.29, 1.82) is 0 Å². The third kappa shape index (κ3) is 3.73. The predicted octanol–water partition coefficient (Wildman–Crippen LogP) is 2.83. The lowest BCUT2D eigenvalue weighted by molar-refractivity contribution is -0.131. The molecule has 0 radical (unpaired) electrons. The fourth-order valence-corrected chi connectivity index (χ4v) is 6.65. The third-order valence-electron chi connectivity index (χ3n) is 6.92. The average molecular weight is 481 g/mol. The minimum absolute atomic E-state index is 0.0351. The molecule has 2 atom stereocenters. The number of nitrogens with one attached hydrogen (secondary N) is 1. The quantitative estimate of drug-likeness (QED) is 0.620. The van der Waals surface area contributed by atoms with Gasteiger partial charge in [-0.05, 0) is 36.6 Å². The summed E-state index contributed by atoms with van der Waals surface area (Å²) in [4.78, 5) is 29.1. The lowest BCUT2D eigenvalue weighted by atomic mass is 9.83. The van der Waals surface area contributed by atoms with Gasteiger partial charge in [-0.3, -0.25) is 14.3 Å². The molecule has 9 heteroatoms. The maximum Gasteiger partial charge on any atom is 0.275 e. The van der Waals surface area contributed by atoms with Crippen LogP contribution in [-0.2, 0) is 21.4 Å². The molecule has 0 aliphatic carbocycles. The Morgan fingerprint density at radius 2 is 1.74 bits per heavy atom. The maximum atomic E-state index is 13.4. The van der Waals surface area contributed by atoms with E-state index in [4.69, 9.17) is 0 Å². The number of anilines is 2. The molecule has 2 aromatic carbocycles. The molecule has 0 spiro atoms. The van der Waals surface area contributed by atoms with Gasteiger partial charge >= 0.3 is 0 Å². The van der Waals surface area contributed by atoms with E-state index in [9.17, 15) is 18.0 Å². The van der Waals surface area contributed by atoms with Crippen LogP contribution in [0.25, 0.3) is 10.8 Å². The van der Waals surface area contributed by atoms with E-state index >= 15 is 0 Å². The Morgan fingerprint density at radius 3 is 2.47 bits per heavy atom. The monoisotopic (exact) mass is 480 g/mol. The summed E-state index contributed by atoms with van der Waals surface area (Å²) < 4.78 is 31.1. The second kappa shape index (κ2) is 8.16.